The fraction of sp³-hybridized carbons (Fsp3) is 0.357. The van der Waals surface area contributed by atoms with E-state index in [1.807, 2.05) is 0 Å². The van der Waals surface area contributed by atoms with Crippen molar-refractivity contribution >= 4 is 42.9 Å². The summed E-state index contributed by atoms with van der Waals surface area (Å²) in [6.07, 6.45) is 0. The summed E-state index contributed by atoms with van der Waals surface area (Å²) in [7, 11) is -0.764. The van der Waals surface area contributed by atoms with E-state index in [1.165, 1.54) is 25.3 Å². The Bertz CT molecular complexity index is 904. The molecule has 0 aliphatic rings. The molecule has 0 spiro atoms. The van der Waals surface area contributed by atoms with Crippen LogP contribution in [0.15, 0.2) is 32.5 Å². The molecule has 0 saturated carbocycles. The van der Waals surface area contributed by atoms with E-state index in [2.05, 4.69) is 46.7 Å². The zero-order chi connectivity index (χ0) is 19.9. The van der Waals surface area contributed by atoms with E-state index in [4.69, 9.17) is 14.3 Å². The number of benzene rings is 1. The number of hydrogen-bond donors (Lipinski definition) is 5. The maximum absolute atomic E-state index is 13.3. The third-order valence-corrected chi connectivity index (χ3v) is 5.75. The van der Waals surface area contributed by atoms with Gasteiger partial charge in [-0.3, -0.25) is 9.56 Å². The van der Waals surface area contributed by atoms with Crippen LogP contribution in [-0.4, -0.2) is 53.1 Å². The lowest BCUT2D eigenvalue weighted by molar-refractivity contribution is 0.218. The second-order valence-corrected chi connectivity index (χ2v) is 8.81. The van der Waals surface area contributed by atoms with E-state index in [-0.39, 0.29) is 34.1 Å². The van der Waals surface area contributed by atoms with Gasteiger partial charge in [-0.1, -0.05) is 14.8 Å². The number of oxime groups is 1. The molecule has 0 radical (unpaired) electrons. The van der Waals surface area contributed by atoms with Crippen LogP contribution in [0.25, 0.3) is 0 Å². The van der Waals surface area contributed by atoms with Gasteiger partial charge in [0, 0.05) is 30.8 Å². The zero-order valence-electron chi connectivity index (χ0n) is 14.3. The molecule has 0 bridgehead atoms. The van der Waals surface area contributed by atoms with Crippen molar-refractivity contribution in [2.45, 2.75) is 0 Å². The lowest BCUT2D eigenvalue weighted by Crippen LogP contribution is -2.21. The number of anilines is 2. The van der Waals surface area contributed by atoms with E-state index in [1.54, 1.807) is 0 Å². The van der Waals surface area contributed by atoms with Gasteiger partial charge in [0.05, 0.1) is 11.1 Å². The molecule has 0 aliphatic heterocycles. The van der Waals surface area contributed by atoms with Gasteiger partial charge >= 0.3 is 0 Å². The topological polar surface area (TPSA) is 152 Å². The van der Waals surface area contributed by atoms with Crippen molar-refractivity contribution < 1.29 is 19.0 Å². The van der Waals surface area contributed by atoms with Crippen molar-refractivity contribution in [2.24, 2.45) is 5.16 Å². The molecule has 0 aliphatic carbocycles. The average molecular weight is 464 g/mol. The monoisotopic (exact) mass is 463 g/mol. The summed E-state index contributed by atoms with van der Waals surface area (Å²) in [4.78, 5) is 0. The fourth-order valence-corrected chi connectivity index (χ4v) is 3.46. The first kappa shape index (κ1) is 21.1. The van der Waals surface area contributed by atoms with Crippen molar-refractivity contribution in [2.75, 3.05) is 42.4 Å². The van der Waals surface area contributed by atoms with Crippen LogP contribution in [0.3, 0.4) is 0 Å². The molecule has 0 fully saturated rings. The molecule has 0 atom stereocenters. The Hall–Kier alpha value is -2.25. The van der Waals surface area contributed by atoms with Crippen LogP contribution in [0.1, 0.15) is 5.69 Å². The van der Waals surface area contributed by atoms with Crippen LogP contribution in [0.4, 0.5) is 15.9 Å². The third-order valence-electron chi connectivity index (χ3n) is 3.37. The summed E-state index contributed by atoms with van der Waals surface area (Å²) in [5, 5.41) is 25.5. The molecule has 148 valence electrons. The standard InChI is InChI=1S/C14H19BrFN7O3S/c1-25-5-7-27(17,18)6-4-19-13-12(22-26-23-13)14(21-24)20-9-2-3-11(16)10(15)8-9/h2-3,8,17-18,24H,4-7H2,1H3,(H,19,23)(H,20,21). The highest BCUT2D eigenvalue weighted by molar-refractivity contribution is 9.10. The number of halogens is 2. The average Bonchev–Trinajstić information content (AvgIpc) is 3.09. The normalized spacial score (nSPS) is 12.2. The minimum atomic E-state index is -2.30. The second-order valence-electron chi connectivity index (χ2n) is 5.38. The molecule has 0 unspecified atom stereocenters. The molecule has 1 aromatic heterocycles. The SMILES string of the molecule is COCCS(=N)(=N)CCNc1nonc1/C(=N/O)Nc1ccc(F)c(Br)c1. The number of methoxy groups -OCH3 is 1. The van der Waals surface area contributed by atoms with Crippen LogP contribution < -0.4 is 10.6 Å². The number of nitrogens with zero attached hydrogens (tertiary/aromatic N) is 3. The summed E-state index contributed by atoms with van der Waals surface area (Å²) in [5.41, 5.74) is 0.552. The molecule has 5 N–H and O–H groups in total. The number of rotatable bonds is 9. The van der Waals surface area contributed by atoms with Gasteiger partial charge in [-0.2, -0.15) is 0 Å². The maximum atomic E-state index is 13.3. The van der Waals surface area contributed by atoms with E-state index in [0.717, 1.165) is 0 Å². The number of aromatic nitrogens is 2. The Kier molecular flexibility index (Phi) is 7.50. The highest BCUT2D eigenvalue weighted by Crippen LogP contribution is 2.21. The maximum Gasteiger partial charge on any atom is 0.203 e. The van der Waals surface area contributed by atoms with Gasteiger partial charge in [-0.05, 0) is 44.4 Å². The molecule has 13 heteroatoms. The highest BCUT2D eigenvalue weighted by Gasteiger charge is 2.18. The third kappa shape index (κ3) is 6.15. The zero-order valence-corrected chi connectivity index (χ0v) is 16.7. The predicted molar refractivity (Wildman–Crippen MR) is 103 cm³/mol. The molecule has 0 amide bonds. The molecule has 1 aromatic carbocycles. The lowest BCUT2D eigenvalue weighted by atomic mass is 10.3. The van der Waals surface area contributed by atoms with Crippen LogP contribution in [0.2, 0.25) is 0 Å². The van der Waals surface area contributed by atoms with Crippen molar-refractivity contribution in [3.63, 3.8) is 0 Å². The lowest BCUT2D eigenvalue weighted by Gasteiger charge is -2.11. The molecule has 2 rings (SSSR count). The van der Waals surface area contributed by atoms with E-state index < -0.39 is 15.4 Å². The van der Waals surface area contributed by atoms with Gasteiger partial charge in [0.2, 0.25) is 11.7 Å². The van der Waals surface area contributed by atoms with E-state index >= 15 is 0 Å². The van der Waals surface area contributed by atoms with Crippen molar-refractivity contribution in [1.82, 2.24) is 10.3 Å². The largest absolute Gasteiger partial charge is 0.409 e. The molecular formula is C14H19BrFN7O3S. The van der Waals surface area contributed by atoms with Gasteiger partial charge in [-0.15, -0.1) is 0 Å². The Labute approximate surface area is 163 Å². The van der Waals surface area contributed by atoms with Crippen LogP contribution in [0, 0.1) is 15.4 Å². The summed E-state index contributed by atoms with van der Waals surface area (Å²) in [6, 6.07) is 4.17. The van der Waals surface area contributed by atoms with Crippen LogP contribution in [0.5, 0.6) is 0 Å². The number of hydrogen-bond acceptors (Lipinski definition) is 9. The van der Waals surface area contributed by atoms with Crippen molar-refractivity contribution in [3.05, 3.63) is 34.2 Å². The number of nitrogens with one attached hydrogen (secondary N) is 4. The Morgan fingerprint density at radius 1 is 1.41 bits per heavy atom. The van der Waals surface area contributed by atoms with Gasteiger partial charge in [0.1, 0.15) is 5.82 Å². The smallest absolute Gasteiger partial charge is 0.203 e. The minimum absolute atomic E-state index is 0.0630. The Morgan fingerprint density at radius 2 is 2.19 bits per heavy atom. The summed E-state index contributed by atoms with van der Waals surface area (Å²) in [6.45, 7) is 0.644. The van der Waals surface area contributed by atoms with Crippen LogP contribution in [-0.2, 0) is 14.4 Å². The van der Waals surface area contributed by atoms with Gasteiger partial charge in [-0.25, -0.2) is 9.02 Å². The van der Waals surface area contributed by atoms with Gasteiger partial charge in [0.15, 0.2) is 5.69 Å². The second kappa shape index (κ2) is 9.62. The summed E-state index contributed by atoms with van der Waals surface area (Å²) >= 11 is 3.07. The van der Waals surface area contributed by atoms with Crippen molar-refractivity contribution in [1.29, 1.82) is 9.56 Å². The predicted octanol–water partition coefficient (Wildman–Crippen LogP) is 2.96. The summed E-state index contributed by atoms with van der Waals surface area (Å²) in [5.74, 6) is 0.329. The van der Waals surface area contributed by atoms with Gasteiger partial charge in [0.25, 0.3) is 0 Å². The number of amidine groups is 1. The fourth-order valence-electron chi connectivity index (χ4n) is 1.97. The van der Waals surface area contributed by atoms with Gasteiger partial charge < -0.3 is 20.6 Å². The molecule has 0 saturated heterocycles. The van der Waals surface area contributed by atoms with E-state index in [0.29, 0.717) is 18.0 Å². The van der Waals surface area contributed by atoms with Crippen molar-refractivity contribution in [3.8, 4) is 0 Å². The molecule has 10 nitrogen and oxygen atoms in total. The first-order valence-electron chi connectivity index (χ1n) is 7.64. The molecule has 27 heavy (non-hydrogen) atoms. The Balaban J connectivity index is 2.04. The molecular weight excluding hydrogens is 445 g/mol. The molecule has 2 aromatic rings. The number of ether oxygens (including phenoxy) is 1. The highest BCUT2D eigenvalue weighted by atomic mass is 79.9. The van der Waals surface area contributed by atoms with E-state index in [9.17, 15) is 9.60 Å². The molecule has 1 heterocycles. The first-order chi connectivity index (χ1) is 12.9. The quantitative estimate of drug-likeness (QED) is 0.166. The Morgan fingerprint density at radius 3 is 2.85 bits per heavy atom. The minimum Gasteiger partial charge on any atom is -0.409 e. The first-order valence-corrected chi connectivity index (χ1v) is 10.4. The van der Waals surface area contributed by atoms with Crippen LogP contribution >= 0.6 is 15.9 Å². The summed E-state index contributed by atoms with van der Waals surface area (Å²) < 4.78 is 39.1.